The first kappa shape index (κ1) is 19.5. The van der Waals surface area contributed by atoms with E-state index in [2.05, 4.69) is 22.1 Å². The molecule has 0 fully saturated rings. The molecule has 0 saturated carbocycles. The molecule has 0 aliphatic carbocycles. The van der Waals surface area contributed by atoms with Gasteiger partial charge in [0.05, 0.1) is 8.22 Å². The fourth-order valence-corrected chi connectivity index (χ4v) is 6.59. The van der Waals surface area contributed by atoms with Gasteiger partial charge in [-0.05, 0) is 47.4 Å². The first-order valence-corrected chi connectivity index (χ1v) is 14.9. The molecule has 9 rings (SSSR count). The van der Waals surface area contributed by atoms with E-state index in [1.165, 1.54) is 0 Å². The van der Waals surface area contributed by atoms with Crippen molar-refractivity contribution in [2.75, 3.05) is 0 Å². The highest BCUT2D eigenvalue weighted by Gasteiger charge is 2.15. The minimum atomic E-state index is -0.316. The third kappa shape index (κ3) is 4.17. The molecule has 0 radical (unpaired) electrons. The second-order valence-electron chi connectivity index (χ2n) is 10.4. The molecule has 0 aliphatic heterocycles. The average Bonchev–Trinajstić information content (AvgIpc) is 3.74. The van der Waals surface area contributed by atoms with E-state index in [9.17, 15) is 4.11 Å². The largest absolute Gasteiger partial charge is 0.456 e. The zero-order valence-electron chi connectivity index (χ0n) is 29.0. The van der Waals surface area contributed by atoms with E-state index in [0.29, 0.717) is 28.3 Å². The summed E-state index contributed by atoms with van der Waals surface area (Å²) in [5.74, 6) is 0.704. The zero-order valence-corrected chi connectivity index (χ0v) is 23.8. The molecule has 206 valence electrons. The lowest BCUT2D eigenvalue weighted by Gasteiger charge is -2.08. The Balaban J connectivity index is 1.29. The fourth-order valence-electron chi connectivity index (χ4n) is 5.45. The minimum absolute atomic E-state index is 0.0271. The molecule has 0 unspecified atom stereocenters. The SMILES string of the molecule is [2H]c1c(-c2ccc3c(c2)sc2ccccc23)c([2H])c2c(oc3c([2H])c(-c4nc(-c5ccccc5)nc(-c5ccccc5)n4)c([2H])c([2H])c32)c1[2H]. The summed E-state index contributed by atoms with van der Waals surface area (Å²) in [6.45, 7) is 0. The summed E-state index contributed by atoms with van der Waals surface area (Å²) >= 11 is 1.62. The van der Waals surface area contributed by atoms with Gasteiger partial charge >= 0.3 is 0 Å². The van der Waals surface area contributed by atoms with Gasteiger partial charge in [-0.3, -0.25) is 0 Å². The Kier molecular flexibility index (Phi) is 4.42. The summed E-state index contributed by atoms with van der Waals surface area (Å²) < 4.78 is 63.1. The summed E-state index contributed by atoms with van der Waals surface area (Å²) in [6, 6.07) is 31.1. The third-order valence-corrected chi connectivity index (χ3v) is 8.73. The average molecular weight is 588 g/mol. The number of aromatic nitrogens is 3. The maximum atomic E-state index is 9.33. The van der Waals surface area contributed by atoms with Crippen molar-refractivity contribution in [1.29, 1.82) is 0 Å². The van der Waals surface area contributed by atoms with Gasteiger partial charge in [0.1, 0.15) is 11.2 Å². The van der Waals surface area contributed by atoms with Crippen LogP contribution < -0.4 is 0 Å². The standard InChI is InChI=1S/C39H23N3OS/c1-3-9-24(10-4-1)37-40-38(25-11-5-2-6-12-25)42-39(41-37)28-16-18-29-32-21-26(17-20-33(32)43-34(29)22-28)27-15-19-31-30-13-7-8-14-35(30)44-36(31)23-27/h1-23H/i16D,17D,18D,20D,21D,22D. The van der Waals surface area contributed by atoms with Crippen LogP contribution in [-0.2, 0) is 0 Å². The Morgan fingerprint density at radius 2 is 1.09 bits per heavy atom. The minimum Gasteiger partial charge on any atom is -0.456 e. The van der Waals surface area contributed by atoms with Crippen LogP contribution in [-0.4, -0.2) is 15.0 Å². The predicted octanol–water partition coefficient (Wildman–Crippen LogP) is 10.8. The second kappa shape index (κ2) is 9.97. The molecule has 3 heterocycles. The van der Waals surface area contributed by atoms with E-state index >= 15 is 0 Å². The molecule has 9 aromatic rings. The number of hydrogen-bond donors (Lipinski definition) is 0. The Morgan fingerprint density at radius 3 is 1.84 bits per heavy atom. The number of rotatable bonds is 4. The van der Waals surface area contributed by atoms with Gasteiger partial charge in [-0.25, -0.2) is 15.0 Å². The Morgan fingerprint density at radius 1 is 0.455 bits per heavy atom. The van der Waals surface area contributed by atoms with Gasteiger partial charge < -0.3 is 4.42 Å². The molecule has 0 amide bonds. The van der Waals surface area contributed by atoms with Crippen LogP contribution in [0.4, 0.5) is 0 Å². The van der Waals surface area contributed by atoms with Gasteiger partial charge in [0.25, 0.3) is 0 Å². The quantitative estimate of drug-likeness (QED) is 0.205. The summed E-state index contributed by atoms with van der Waals surface area (Å²) in [7, 11) is 0. The van der Waals surface area contributed by atoms with Crippen LogP contribution in [0.3, 0.4) is 0 Å². The highest BCUT2D eigenvalue weighted by Crippen LogP contribution is 2.38. The maximum Gasteiger partial charge on any atom is 0.164 e. The van der Waals surface area contributed by atoms with Gasteiger partial charge in [0, 0.05) is 47.6 Å². The first-order valence-electron chi connectivity index (χ1n) is 17.0. The van der Waals surface area contributed by atoms with Gasteiger partial charge in [-0.15, -0.1) is 11.3 Å². The number of thiophene rings is 1. The van der Waals surface area contributed by atoms with Crippen molar-refractivity contribution in [3.63, 3.8) is 0 Å². The molecule has 5 heteroatoms. The van der Waals surface area contributed by atoms with Crippen molar-refractivity contribution < 1.29 is 12.6 Å². The molecule has 0 aliphatic rings. The van der Waals surface area contributed by atoms with Crippen molar-refractivity contribution >= 4 is 53.4 Å². The Labute approximate surface area is 265 Å². The van der Waals surface area contributed by atoms with E-state index in [0.717, 1.165) is 20.2 Å². The molecule has 0 N–H and O–H groups in total. The smallest absolute Gasteiger partial charge is 0.164 e. The van der Waals surface area contributed by atoms with Crippen molar-refractivity contribution in [2.24, 2.45) is 0 Å². The predicted molar refractivity (Wildman–Crippen MR) is 182 cm³/mol. The highest BCUT2D eigenvalue weighted by atomic mass is 32.1. The van der Waals surface area contributed by atoms with Gasteiger partial charge in [0.15, 0.2) is 17.5 Å². The van der Waals surface area contributed by atoms with Crippen molar-refractivity contribution in [3.05, 3.63) is 139 Å². The monoisotopic (exact) mass is 587 g/mol. The lowest BCUT2D eigenvalue weighted by molar-refractivity contribution is 0.669. The van der Waals surface area contributed by atoms with Crippen LogP contribution in [0.2, 0.25) is 0 Å². The third-order valence-electron chi connectivity index (χ3n) is 7.60. The van der Waals surface area contributed by atoms with E-state index in [4.69, 9.17) is 13.5 Å². The molecule has 0 atom stereocenters. The molecule has 3 aromatic heterocycles. The molecule has 44 heavy (non-hydrogen) atoms. The molecule has 0 spiro atoms. The summed E-state index contributed by atoms with van der Waals surface area (Å²) in [6.07, 6.45) is 0. The van der Waals surface area contributed by atoms with Gasteiger partial charge in [-0.1, -0.05) is 103 Å². The molecule has 6 aromatic carbocycles. The molecular weight excluding hydrogens is 559 g/mol. The fraction of sp³-hybridized carbons (Fsp3) is 0. The number of benzene rings is 6. The van der Waals surface area contributed by atoms with Crippen LogP contribution in [0.1, 0.15) is 8.22 Å². The van der Waals surface area contributed by atoms with Crippen LogP contribution in [0.15, 0.2) is 144 Å². The normalized spacial score (nSPS) is 13.5. The van der Waals surface area contributed by atoms with E-state index in [1.807, 2.05) is 91.0 Å². The zero-order chi connectivity index (χ0) is 34.3. The first-order chi connectivity index (χ1) is 24.3. The number of fused-ring (bicyclic) bond motifs is 6. The second-order valence-corrected chi connectivity index (χ2v) is 11.4. The lowest BCUT2D eigenvalue weighted by atomic mass is 10.0. The van der Waals surface area contributed by atoms with Crippen molar-refractivity contribution in [2.45, 2.75) is 0 Å². The van der Waals surface area contributed by atoms with E-state index in [1.54, 1.807) is 11.3 Å². The van der Waals surface area contributed by atoms with E-state index < -0.39 is 0 Å². The molecule has 0 saturated heterocycles. The topological polar surface area (TPSA) is 51.8 Å². The number of nitrogens with zero attached hydrogens (tertiary/aromatic N) is 3. The van der Waals surface area contributed by atoms with Crippen molar-refractivity contribution in [3.8, 4) is 45.3 Å². The van der Waals surface area contributed by atoms with Crippen molar-refractivity contribution in [1.82, 2.24) is 15.0 Å². The Bertz CT molecular complexity index is 2780. The highest BCUT2D eigenvalue weighted by molar-refractivity contribution is 7.25. The van der Waals surface area contributed by atoms with E-state index in [-0.39, 0.29) is 75.1 Å². The Hall–Kier alpha value is -5.65. The molecule has 4 nitrogen and oxygen atoms in total. The van der Waals surface area contributed by atoms with Crippen LogP contribution >= 0.6 is 11.3 Å². The summed E-state index contributed by atoms with van der Waals surface area (Å²) in [5, 5.41) is 2.38. The summed E-state index contributed by atoms with van der Waals surface area (Å²) in [4.78, 5) is 14.0. The molecular formula is C39H23N3OS. The summed E-state index contributed by atoms with van der Waals surface area (Å²) in [5.41, 5.74) is 2.06. The van der Waals surface area contributed by atoms with Gasteiger partial charge in [0.2, 0.25) is 0 Å². The maximum absolute atomic E-state index is 9.33. The molecule has 0 bridgehead atoms. The lowest BCUT2D eigenvalue weighted by Crippen LogP contribution is -2.00. The van der Waals surface area contributed by atoms with Crippen LogP contribution in [0.5, 0.6) is 0 Å². The number of furan rings is 1. The number of hydrogen-bond acceptors (Lipinski definition) is 5. The van der Waals surface area contributed by atoms with Gasteiger partial charge in [-0.2, -0.15) is 0 Å². The van der Waals surface area contributed by atoms with Crippen LogP contribution in [0.25, 0.3) is 87.4 Å². The van der Waals surface area contributed by atoms with Crippen LogP contribution in [0, 0.1) is 0 Å².